The van der Waals surface area contributed by atoms with Gasteiger partial charge in [-0.25, -0.2) is 0 Å². The van der Waals surface area contributed by atoms with Crippen LogP contribution in [0.1, 0.15) is 31.9 Å². The molecule has 2 aliphatic rings. The van der Waals surface area contributed by atoms with Crippen LogP contribution >= 0.6 is 0 Å². The van der Waals surface area contributed by atoms with Crippen LogP contribution < -0.4 is 9.47 Å². The number of hydrogen-bond acceptors (Lipinski definition) is 6. The van der Waals surface area contributed by atoms with Crippen LogP contribution in [0.2, 0.25) is 0 Å². The van der Waals surface area contributed by atoms with E-state index in [9.17, 15) is 14.4 Å². The Morgan fingerprint density at radius 3 is 2.81 bits per heavy atom. The maximum atomic E-state index is 12.3. The smallest absolute Gasteiger partial charge is 0.329 e. The number of esters is 1. The van der Waals surface area contributed by atoms with Gasteiger partial charge < -0.3 is 14.2 Å². The molecule has 0 aromatic heterocycles. The summed E-state index contributed by atoms with van der Waals surface area (Å²) < 4.78 is 16.3. The molecular weight excluding hydrogens is 336 g/mol. The minimum Gasteiger partial charge on any atom is -0.493 e. The normalized spacial score (nSPS) is 21.9. The molecule has 136 valence electrons. The summed E-state index contributed by atoms with van der Waals surface area (Å²) in [5.41, 5.74) is 1.70. The molecule has 2 unspecified atom stereocenters. The van der Waals surface area contributed by atoms with Gasteiger partial charge >= 0.3 is 5.97 Å². The van der Waals surface area contributed by atoms with E-state index < -0.39 is 23.5 Å². The summed E-state index contributed by atoms with van der Waals surface area (Å²) in [6, 6.07) is 3.71. The number of carbonyl (C=O) groups is 3. The Morgan fingerprint density at radius 2 is 2.12 bits per heavy atom. The van der Waals surface area contributed by atoms with Gasteiger partial charge in [0.25, 0.3) is 0 Å². The third kappa shape index (κ3) is 3.54. The summed E-state index contributed by atoms with van der Waals surface area (Å²) >= 11 is 0. The Labute approximate surface area is 151 Å². The van der Waals surface area contributed by atoms with Crippen molar-refractivity contribution >= 4 is 23.6 Å². The van der Waals surface area contributed by atoms with Crippen LogP contribution in [0.5, 0.6) is 11.5 Å². The predicted octanol–water partition coefficient (Wildman–Crippen LogP) is 2.64. The van der Waals surface area contributed by atoms with E-state index in [1.54, 1.807) is 6.07 Å². The fourth-order valence-electron chi connectivity index (χ4n) is 3.04. The third-order valence-electron chi connectivity index (χ3n) is 4.17. The molecule has 1 aromatic rings. The summed E-state index contributed by atoms with van der Waals surface area (Å²) in [7, 11) is 0. The molecule has 0 saturated carbocycles. The zero-order valence-corrected chi connectivity index (χ0v) is 14.9. The van der Waals surface area contributed by atoms with Crippen LogP contribution in [0.15, 0.2) is 30.0 Å². The Kier molecular flexibility index (Phi) is 4.93. The quantitative estimate of drug-likeness (QED) is 0.458. The van der Waals surface area contributed by atoms with Crippen molar-refractivity contribution in [3.05, 3.63) is 41.2 Å². The topological polar surface area (TPSA) is 78.9 Å². The average molecular weight is 356 g/mol. The van der Waals surface area contributed by atoms with Gasteiger partial charge in [-0.05, 0) is 45.1 Å². The molecule has 3 rings (SSSR count). The molecular formula is C20H20O6. The van der Waals surface area contributed by atoms with Crippen LogP contribution in [-0.4, -0.2) is 30.2 Å². The second-order valence-electron chi connectivity index (χ2n) is 6.31. The maximum Gasteiger partial charge on any atom is 0.329 e. The third-order valence-corrected chi connectivity index (χ3v) is 4.17. The summed E-state index contributed by atoms with van der Waals surface area (Å²) in [4.78, 5) is 36.1. The molecule has 2 heterocycles. The minimum atomic E-state index is -1.45. The van der Waals surface area contributed by atoms with Crippen LogP contribution in [-0.2, 0) is 25.5 Å². The van der Waals surface area contributed by atoms with Crippen molar-refractivity contribution in [3.8, 4) is 11.5 Å². The molecule has 1 aromatic carbocycles. The van der Waals surface area contributed by atoms with Crippen LogP contribution in [0.4, 0.5) is 0 Å². The Balaban J connectivity index is 1.86. The first-order valence-electron chi connectivity index (χ1n) is 8.51. The zero-order chi connectivity index (χ0) is 18.8. The van der Waals surface area contributed by atoms with Gasteiger partial charge in [0.05, 0.1) is 6.61 Å². The highest BCUT2D eigenvalue weighted by molar-refractivity contribution is 6.25. The highest BCUT2D eigenvalue weighted by Gasteiger charge is 2.36. The molecule has 26 heavy (non-hydrogen) atoms. The number of allylic oxidation sites excluding steroid dienone is 3. The fraction of sp³-hybridized carbons (Fsp3) is 0.350. The first-order chi connectivity index (χ1) is 12.4. The number of cyclic esters (lactones) is 1. The Bertz CT molecular complexity index is 833. The number of fused-ring (bicyclic) bond motifs is 1. The SMILES string of the molecule is CCOc1cc2c(cc1/C=C/C(=O)C1C(=O)C=C(C)OC1=O)OC(C)C2. The Morgan fingerprint density at radius 1 is 1.35 bits per heavy atom. The van der Waals surface area contributed by atoms with Gasteiger partial charge in [0.15, 0.2) is 17.5 Å². The summed E-state index contributed by atoms with van der Waals surface area (Å²) in [6.07, 6.45) is 4.79. The van der Waals surface area contributed by atoms with E-state index in [0.717, 1.165) is 23.8 Å². The molecule has 0 aliphatic carbocycles. The molecule has 0 fully saturated rings. The van der Waals surface area contributed by atoms with Crippen molar-refractivity contribution in [2.24, 2.45) is 5.92 Å². The number of ketones is 2. The van der Waals surface area contributed by atoms with E-state index in [4.69, 9.17) is 14.2 Å². The highest BCUT2D eigenvalue weighted by Crippen LogP contribution is 2.35. The maximum absolute atomic E-state index is 12.3. The van der Waals surface area contributed by atoms with Crippen molar-refractivity contribution in [1.29, 1.82) is 0 Å². The lowest BCUT2D eigenvalue weighted by molar-refractivity contribution is -0.151. The van der Waals surface area contributed by atoms with Crippen molar-refractivity contribution in [2.75, 3.05) is 6.61 Å². The van der Waals surface area contributed by atoms with Gasteiger partial charge in [0, 0.05) is 23.6 Å². The molecule has 2 atom stereocenters. The molecule has 2 aliphatic heterocycles. The van der Waals surface area contributed by atoms with Crippen LogP contribution in [0, 0.1) is 5.92 Å². The largest absolute Gasteiger partial charge is 0.493 e. The van der Waals surface area contributed by atoms with Crippen LogP contribution in [0.3, 0.4) is 0 Å². The van der Waals surface area contributed by atoms with E-state index in [1.807, 2.05) is 19.9 Å². The molecule has 6 heteroatoms. The Hall–Kier alpha value is -2.89. The number of benzene rings is 1. The van der Waals surface area contributed by atoms with Gasteiger partial charge in [0.2, 0.25) is 0 Å². The van der Waals surface area contributed by atoms with Gasteiger partial charge in [-0.15, -0.1) is 0 Å². The number of ether oxygens (including phenoxy) is 3. The summed E-state index contributed by atoms with van der Waals surface area (Å²) in [5, 5.41) is 0. The number of carbonyl (C=O) groups excluding carboxylic acids is 3. The fourth-order valence-corrected chi connectivity index (χ4v) is 3.04. The predicted molar refractivity (Wildman–Crippen MR) is 93.8 cm³/mol. The molecule has 0 N–H and O–H groups in total. The first-order valence-corrected chi connectivity index (χ1v) is 8.51. The van der Waals surface area contributed by atoms with Gasteiger partial charge in [-0.2, -0.15) is 0 Å². The molecule has 0 spiro atoms. The molecule has 0 radical (unpaired) electrons. The summed E-state index contributed by atoms with van der Waals surface area (Å²) in [6.45, 7) is 5.82. The highest BCUT2D eigenvalue weighted by atomic mass is 16.5. The van der Waals surface area contributed by atoms with E-state index >= 15 is 0 Å². The molecule has 6 nitrogen and oxygen atoms in total. The van der Waals surface area contributed by atoms with E-state index in [1.165, 1.54) is 19.1 Å². The van der Waals surface area contributed by atoms with Gasteiger partial charge in [-0.1, -0.05) is 0 Å². The van der Waals surface area contributed by atoms with Crippen molar-refractivity contribution < 1.29 is 28.6 Å². The number of rotatable bonds is 5. The van der Waals surface area contributed by atoms with Gasteiger partial charge in [0.1, 0.15) is 23.4 Å². The van der Waals surface area contributed by atoms with Gasteiger partial charge in [-0.3, -0.25) is 14.4 Å². The van der Waals surface area contributed by atoms with E-state index in [-0.39, 0.29) is 11.9 Å². The first kappa shape index (κ1) is 17.9. The van der Waals surface area contributed by atoms with E-state index in [0.29, 0.717) is 17.9 Å². The van der Waals surface area contributed by atoms with Crippen molar-refractivity contribution in [1.82, 2.24) is 0 Å². The second kappa shape index (κ2) is 7.15. The van der Waals surface area contributed by atoms with Crippen molar-refractivity contribution in [3.63, 3.8) is 0 Å². The monoisotopic (exact) mass is 356 g/mol. The second-order valence-corrected chi connectivity index (χ2v) is 6.31. The lowest BCUT2D eigenvalue weighted by atomic mass is 9.95. The average Bonchev–Trinajstić information content (AvgIpc) is 2.91. The van der Waals surface area contributed by atoms with Crippen molar-refractivity contribution in [2.45, 2.75) is 33.3 Å². The lowest BCUT2D eigenvalue weighted by Gasteiger charge is -2.16. The standard InChI is InChI=1S/C20H20O6/c1-4-24-17-10-14-7-11(2)25-18(14)9-13(17)5-6-15(21)19-16(22)8-12(3)26-20(19)23/h5-6,8-11,19H,4,7H2,1-3H3/b6-5+. The van der Waals surface area contributed by atoms with E-state index in [2.05, 4.69) is 0 Å². The minimum absolute atomic E-state index is 0.0880. The molecule has 0 bridgehead atoms. The summed E-state index contributed by atoms with van der Waals surface area (Å²) in [5.74, 6) is -1.92. The molecule has 0 amide bonds. The zero-order valence-electron chi connectivity index (χ0n) is 14.9. The molecule has 0 saturated heterocycles. The van der Waals surface area contributed by atoms with Crippen LogP contribution in [0.25, 0.3) is 6.08 Å². The lowest BCUT2D eigenvalue weighted by Crippen LogP contribution is -2.34. The number of hydrogen-bond donors (Lipinski definition) is 0.